The molecule has 0 saturated heterocycles. The highest BCUT2D eigenvalue weighted by atomic mass is 19.1. The summed E-state index contributed by atoms with van der Waals surface area (Å²) in [7, 11) is 0. The molecule has 0 aliphatic carbocycles. The van der Waals surface area contributed by atoms with Gasteiger partial charge in [-0.1, -0.05) is 6.07 Å². The van der Waals surface area contributed by atoms with E-state index in [0.29, 0.717) is 11.6 Å². The molecule has 3 aromatic rings. The summed E-state index contributed by atoms with van der Waals surface area (Å²) in [5.41, 5.74) is 1.08. The fourth-order valence-electron chi connectivity index (χ4n) is 2.72. The number of nitrogens with one attached hydrogen (secondary N) is 2. The second-order valence-electron chi connectivity index (χ2n) is 7.03. The molecule has 0 bridgehead atoms. The van der Waals surface area contributed by atoms with Gasteiger partial charge in [-0.15, -0.1) is 0 Å². The highest BCUT2D eigenvalue weighted by Crippen LogP contribution is 2.26. The monoisotopic (exact) mass is 424 g/mol. The number of nitrogens with zero attached hydrogens (tertiary/aromatic N) is 2. The molecule has 0 fully saturated rings. The number of halogens is 1. The lowest BCUT2D eigenvalue weighted by Gasteiger charge is -2.11. The van der Waals surface area contributed by atoms with Gasteiger partial charge in [-0.25, -0.2) is 9.37 Å². The van der Waals surface area contributed by atoms with Crippen LogP contribution in [-0.4, -0.2) is 21.9 Å². The zero-order chi connectivity index (χ0) is 22.4. The third-order valence-electron chi connectivity index (χ3n) is 4.19. The number of amides is 1. The van der Waals surface area contributed by atoms with Crippen LogP contribution in [-0.2, 0) is 6.54 Å². The van der Waals surface area contributed by atoms with Gasteiger partial charge in [0.05, 0.1) is 4.92 Å². The van der Waals surface area contributed by atoms with Crippen molar-refractivity contribution in [1.29, 1.82) is 0 Å². The molecule has 3 rings (SSSR count). The molecule has 8 nitrogen and oxygen atoms in total. The number of aromatic nitrogens is 1. The van der Waals surface area contributed by atoms with Crippen molar-refractivity contribution in [2.75, 3.05) is 5.32 Å². The fraction of sp³-hybridized carbons (Fsp3) is 0.182. The predicted molar refractivity (Wildman–Crippen MR) is 114 cm³/mol. The van der Waals surface area contributed by atoms with Crippen LogP contribution in [0.3, 0.4) is 0 Å². The Labute approximate surface area is 178 Å². The van der Waals surface area contributed by atoms with Gasteiger partial charge in [0.25, 0.3) is 11.6 Å². The molecule has 0 saturated carbocycles. The molecule has 31 heavy (non-hydrogen) atoms. The van der Waals surface area contributed by atoms with Crippen LogP contribution >= 0.6 is 0 Å². The molecule has 0 spiro atoms. The Hall–Kier alpha value is -4.01. The van der Waals surface area contributed by atoms with Gasteiger partial charge < -0.3 is 15.4 Å². The van der Waals surface area contributed by atoms with Crippen molar-refractivity contribution in [3.63, 3.8) is 0 Å². The third kappa shape index (κ3) is 5.99. The molecule has 9 heteroatoms. The molecule has 0 aliphatic rings. The van der Waals surface area contributed by atoms with Gasteiger partial charge in [-0.3, -0.25) is 14.9 Å². The number of ether oxygens (including phenoxy) is 1. The average Bonchev–Trinajstić information content (AvgIpc) is 2.74. The number of carbonyl (C=O) groups excluding carboxylic acids is 1. The first-order valence-corrected chi connectivity index (χ1v) is 9.53. The maximum absolute atomic E-state index is 13.0. The van der Waals surface area contributed by atoms with E-state index in [0.717, 1.165) is 5.56 Å². The first-order valence-electron chi connectivity index (χ1n) is 9.53. The number of anilines is 1. The topological polar surface area (TPSA) is 106 Å². The fourth-order valence-corrected chi connectivity index (χ4v) is 2.72. The standard InChI is InChI=1S/C22H21FN4O4/c1-14(2)26-22(28)16-4-9-19(20(11-16)27(29)30)24-12-15-3-10-21(25-13-15)31-18-7-5-17(23)6-8-18/h3-11,13-14,24H,12H2,1-2H3,(H,26,28). The number of benzene rings is 2. The van der Waals surface area contributed by atoms with Gasteiger partial charge in [-0.05, 0) is 55.8 Å². The number of nitro groups is 1. The zero-order valence-corrected chi connectivity index (χ0v) is 17.0. The Kier molecular flexibility index (Phi) is 6.76. The van der Waals surface area contributed by atoms with Crippen LogP contribution in [0.1, 0.15) is 29.8 Å². The second-order valence-corrected chi connectivity index (χ2v) is 7.03. The Bertz CT molecular complexity index is 1070. The molecule has 0 atom stereocenters. The van der Waals surface area contributed by atoms with Gasteiger partial charge in [0.2, 0.25) is 5.88 Å². The van der Waals surface area contributed by atoms with Crippen LogP contribution < -0.4 is 15.4 Å². The summed E-state index contributed by atoms with van der Waals surface area (Å²) in [6.07, 6.45) is 1.57. The van der Waals surface area contributed by atoms with E-state index in [1.54, 1.807) is 18.3 Å². The van der Waals surface area contributed by atoms with Crippen LogP contribution in [0.5, 0.6) is 11.6 Å². The largest absolute Gasteiger partial charge is 0.439 e. The zero-order valence-electron chi connectivity index (χ0n) is 17.0. The lowest BCUT2D eigenvalue weighted by atomic mass is 10.1. The minimum Gasteiger partial charge on any atom is -0.439 e. The minimum absolute atomic E-state index is 0.0770. The summed E-state index contributed by atoms with van der Waals surface area (Å²) in [6, 6.07) is 13.2. The molecule has 0 aliphatic heterocycles. The van der Waals surface area contributed by atoms with Gasteiger partial charge in [0.1, 0.15) is 17.3 Å². The molecule has 0 unspecified atom stereocenters. The molecule has 160 valence electrons. The SMILES string of the molecule is CC(C)NC(=O)c1ccc(NCc2ccc(Oc3ccc(F)cc3)nc2)c([N+](=O)[O-])c1. The van der Waals surface area contributed by atoms with E-state index in [2.05, 4.69) is 15.6 Å². The van der Waals surface area contributed by atoms with Crippen LogP contribution in [0.25, 0.3) is 0 Å². The molecular weight excluding hydrogens is 403 g/mol. The number of pyridine rings is 1. The Morgan fingerprint density at radius 2 is 1.90 bits per heavy atom. The van der Waals surface area contributed by atoms with Crippen molar-refractivity contribution in [2.45, 2.75) is 26.4 Å². The van der Waals surface area contributed by atoms with E-state index in [-0.39, 0.29) is 41.2 Å². The summed E-state index contributed by atoms with van der Waals surface area (Å²) in [4.78, 5) is 27.2. The normalized spacial score (nSPS) is 10.6. The number of rotatable bonds is 8. The molecule has 2 aromatic carbocycles. The number of hydrogen-bond donors (Lipinski definition) is 2. The van der Waals surface area contributed by atoms with Crippen molar-refractivity contribution in [1.82, 2.24) is 10.3 Å². The Morgan fingerprint density at radius 1 is 1.16 bits per heavy atom. The number of carbonyl (C=O) groups is 1. The number of nitro benzene ring substituents is 1. The van der Waals surface area contributed by atoms with Crippen molar-refractivity contribution < 1.29 is 18.8 Å². The minimum atomic E-state index is -0.535. The van der Waals surface area contributed by atoms with Crippen LogP contribution in [0, 0.1) is 15.9 Å². The van der Waals surface area contributed by atoms with E-state index in [1.807, 2.05) is 13.8 Å². The van der Waals surface area contributed by atoms with E-state index >= 15 is 0 Å². The van der Waals surface area contributed by atoms with Crippen molar-refractivity contribution in [3.05, 3.63) is 87.9 Å². The van der Waals surface area contributed by atoms with E-state index in [9.17, 15) is 19.3 Å². The highest BCUT2D eigenvalue weighted by Gasteiger charge is 2.18. The first-order chi connectivity index (χ1) is 14.8. The van der Waals surface area contributed by atoms with Crippen LogP contribution in [0.2, 0.25) is 0 Å². The maximum Gasteiger partial charge on any atom is 0.293 e. The summed E-state index contributed by atoms with van der Waals surface area (Å²) < 4.78 is 18.5. The van der Waals surface area contributed by atoms with Crippen LogP contribution in [0.15, 0.2) is 60.8 Å². The first kappa shape index (κ1) is 21.7. The molecule has 1 heterocycles. The van der Waals surface area contributed by atoms with E-state index in [4.69, 9.17) is 4.74 Å². The quantitative estimate of drug-likeness (QED) is 0.402. The van der Waals surface area contributed by atoms with Crippen LogP contribution in [0.4, 0.5) is 15.8 Å². The van der Waals surface area contributed by atoms with E-state index < -0.39 is 4.92 Å². The molecule has 0 radical (unpaired) electrons. The molecular formula is C22H21FN4O4. The number of hydrogen-bond acceptors (Lipinski definition) is 6. The van der Waals surface area contributed by atoms with E-state index in [1.165, 1.54) is 42.5 Å². The molecule has 2 N–H and O–H groups in total. The van der Waals surface area contributed by atoms with Crippen molar-refractivity contribution >= 4 is 17.3 Å². The summed E-state index contributed by atoms with van der Waals surface area (Å²) in [5.74, 6) is 0.0638. The summed E-state index contributed by atoms with van der Waals surface area (Å²) in [5, 5.41) is 17.2. The van der Waals surface area contributed by atoms with Crippen molar-refractivity contribution in [2.24, 2.45) is 0 Å². The Balaban J connectivity index is 1.66. The maximum atomic E-state index is 13.0. The Morgan fingerprint density at radius 3 is 2.52 bits per heavy atom. The second kappa shape index (κ2) is 9.66. The lowest BCUT2D eigenvalue weighted by molar-refractivity contribution is -0.384. The average molecular weight is 424 g/mol. The summed E-state index contributed by atoms with van der Waals surface area (Å²) >= 11 is 0. The highest BCUT2D eigenvalue weighted by molar-refractivity contribution is 5.95. The van der Waals surface area contributed by atoms with Gasteiger partial charge in [-0.2, -0.15) is 0 Å². The summed E-state index contributed by atoms with van der Waals surface area (Å²) in [6.45, 7) is 3.90. The third-order valence-corrected chi connectivity index (χ3v) is 4.19. The molecule has 1 aromatic heterocycles. The molecule has 1 amide bonds. The predicted octanol–water partition coefficient (Wildman–Crippen LogP) is 4.67. The van der Waals surface area contributed by atoms with Gasteiger partial charge in [0, 0.05) is 36.5 Å². The van der Waals surface area contributed by atoms with Crippen molar-refractivity contribution in [3.8, 4) is 11.6 Å². The van der Waals surface area contributed by atoms with Gasteiger partial charge >= 0.3 is 0 Å². The lowest BCUT2D eigenvalue weighted by Crippen LogP contribution is -2.30. The van der Waals surface area contributed by atoms with Gasteiger partial charge in [0.15, 0.2) is 0 Å². The smallest absolute Gasteiger partial charge is 0.293 e.